The van der Waals surface area contributed by atoms with Crippen LogP contribution in [0.2, 0.25) is 10.2 Å². The molecule has 0 saturated carbocycles. The van der Waals surface area contributed by atoms with Crippen LogP contribution in [0, 0.1) is 5.82 Å². The van der Waals surface area contributed by atoms with Crippen molar-refractivity contribution in [2.24, 2.45) is 0 Å². The van der Waals surface area contributed by atoms with Crippen molar-refractivity contribution in [3.8, 4) is 5.75 Å². The van der Waals surface area contributed by atoms with E-state index in [4.69, 9.17) is 27.9 Å². The van der Waals surface area contributed by atoms with Gasteiger partial charge in [0.05, 0.1) is 16.5 Å². The monoisotopic (exact) mass is 455 g/mol. The van der Waals surface area contributed by atoms with Gasteiger partial charge in [0.2, 0.25) is 5.91 Å². The van der Waals surface area contributed by atoms with Crippen LogP contribution in [0.5, 0.6) is 5.75 Å². The van der Waals surface area contributed by atoms with Gasteiger partial charge in [-0.05, 0) is 31.2 Å². The van der Waals surface area contributed by atoms with Gasteiger partial charge in [-0.2, -0.15) is 0 Å². The lowest BCUT2D eigenvalue weighted by Gasteiger charge is -2.09. The number of ether oxygens (including phenoxy) is 1. The quantitative estimate of drug-likeness (QED) is 0.399. The molecule has 7 nitrogen and oxygen atoms in total. The van der Waals surface area contributed by atoms with E-state index in [-0.39, 0.29) is 28.4 Å². The Morgan fingerprint density at radius 1 is 1.31 bits per heavy atom. The molecule has 0 aliphatic carbocycles. The molecule has 0 fully saturated rings. The maximum absolute atomic E-state index is 13.2. The Hall–Kier alpha value is -2.36. The molecule has 2 heterocycles. The van der Waals surface area contributed by atoms with E-state index in [0.717, 1.165) is 0 Å². The van der Waals surface area contributed by atoms with Gasteiger partial charge in [0.15, 0.2) is 16.1 Å². The number of carbonyl (C=O) groups is 1. The first-order valence-electron chi connectivity index (χ1n) is 8.51. The Kier molecular flexibility index (Phi) is 7.29. The molecule has 0 bridgehead atoms. The van der Waals surface area contributed by atoms with Gasteiger partial charge in [-0.3, -0.25) is 4.79 Å². The molecule has 3 aromatic rings. The van der Waals surface area contributed by atoms with Crippen molar-refractivity contribution in [2.45, 2.75) is 25.2 Å². The van der Waals surface area contributed by atoms with E-state index >= 15 is 0 Å². The fourth-order valence-electron chi connectivity index (χ4n) is 2.36. The Balaban J connectivity index is 1.59. The fraction of sp³-hybridized carbons (Fsp3) is 0.222. The number of aromatic nitrogens is 4. The Labute approximate surface area is 180 Å². The number of thioether (sulfide) groups is 1. The van der Waals surface area contributed by atoms with Gasteiger partial charge in [-0.25, -0.2) is 9.37 Å². The standard InChI is InChI=1S/C18H16Cl2FN5O2S/c1-2-26-15(9-28-11-5-6-13(21)12(19)8-11)24-25-18(26)29-10-16(27)23-14-4-3-7-22-17(14)20/h3-8H,2,9-10H2,1H3,(H,23,27). The highest BCUT2D eigenvalue weighted by atomic mass is 35.5. The lowest BCUT2D eigenvalue weighted by Crippen LogP contribution is -2.15. The SMILES string of the molecule is CCn1c(COc2ccc(F)c(Cl)c2)nnc1SCC(=O)Nc1cccnc1Cl. The van der Waals surface area contributed by atoms with Gasteiger partial charge in [-0.1, -0.05) is 35.0 Å². The lowest BCUT2D eigenvalue weighted by atomic mass is 10.3. The summed E-state index contributed by atoms with van der Waals surface area (Å²) < 4.78 is 20.7. The van der Waals surface area contributed by atoms with Crippen molar-refractivity contribution in [1.29, 1.82) is 0 Å². The highest BCUT2D eigenvalue weighted by Crippen LogP contribution is 2.23. The van der Waals surface area contributed by atoms with Crippen molar-refractivity contribution in [2.75, 3.05) is 11.1 Å². The molecule has 2 aromatic heterocycles. The van der Waals surface area contributed by atoms with E-state index in [0.29, 0.717) is 29.0 Å². The maximum atomic E-state index is 13.2. The van der Waals surface area contributed by atoms with E-state index in [1.165, 1.54) is 30.0 Å². The van der Waals surface area contributed by atoms with Crippen LogP contribution in [-0.2, 0) is 17.9 Å². The third kappa shape index (κ3) is 5.59. The number of halogens is 3. The molecule has 0 atom stereocenters. The Morgan fingerprint density at radius 3 is 2.86 bits per heavy atom. The summed E-state index contributed by atoms with van der Waals surface area (Å²) >= 11 is 12.9. The molecule has 152 valence electrons. The summed E-state index contributed by atoms with van der Waals surface area (Å²) in [6.07, 6.45) is 1.54. The van der Waals surface area contributed by atoms with Gasteiger partial charge < -0.3 is 14.6 Å². The smallest absolute Gasteiger partial charge is 0.234 e. The average Bonchev–Trinajstić information content (AvgIpc) is 3.11. The van der Waals surface area contributed by atoms with Crippen LogP contribution in [0.25, 0.3) is 0 Å². The van der Waals surface area contributed by atoms with Crippen LogP contribution in [-0.4, -0.2) is 31.4 Å². The van der Waals surface area contributed by atoms with Crippen LogP contribution in [0.15, 0.2) is 41.7 Å². The Bertz CT molecular complexity index is 1020. The average molecular weight is 456 g/mol. The summed E-state index contributed by atoms with van der Waals surface area (Å²) in [5.41, 5.74) is 0.448. The third-order valence-electron chi connectivity index (χ3n) is 3.73. The molecule has 3 rings (SSSR count). The number of nitrogens with zero attached hydrogens (tertiary/aromatic N) is 4. The minimum Gasteiger partial charge on any atom is -0.486 e. The maximum Gasteiger partial charge on any atom is 0.234 e. The minimum atomic E-state index is -0.514. The molecule has 0 aliphatic heterocycles. The second kappa shape index (κ2) is 9.91. The number of pyridine rings is 1. The zero-order valence-electron chi connectivity index (χ0n) is 15.2. The van der Waals surface area contributed by atoms with E-state index < -0.39 is 5.82 Å². The van der Waals surface area contributed by atoms with E-state index in [1.54, 1.807) is 18.3 Å². The first-order chi connectivity index (χ1) is 14.0. The second-order valence-corrected chi connectivity index (χ2v) is 7.39. The summed E-state index contributed by atoms with van der Waals surface area (Å²) in [5, 5.41) is 11.7. The fourth-order valence-corrected chi connectivity index (χ4v) is 3.52. The molecule has 11 heteroatoms. The molecular formula is C18H16Cl2FN5O2S. The zero-order chi connectivity index (χ0) is 20.8. The molecule has 0 spiro atoms. The summed E-state index contributed by atoms with van der Waals surface area (Å²) in [7, 11) is 0. The first-order valence-corrected chi connectivity index (χ1v) is 10.2. The number of amides is 1. The van der Waals surface area contributed by atoms with E-state index in [2.05, 4.69) is 20.5 Å². The number of hydrogen-bond donors (Lipinski definition) is 1. The summed E-state index contributed by atoms with van der Waals surface area (Å²) in [6, 6.07) is 7.47. The largest absolute Gasteiger partial charge is 0.486 e. The molecule has 29 heavy (non-hydrogen) atoms. The van der Waals surface area contributed by atoms with Gasteiger partial charge in [0.25, 0.3) is 0 Å². The zero-order valence-corrected chi connectivity index (χ0v) is 17.6. The normalized spacial score (nSPS) is 10.8. The summed E-state index contributed by atoms with van der Waals surface area (Å²) in [6.45, 7) is 2.65. The molecule has 1 amide bonds. The van der Waals surface area contributed by atoms with Crippen LogP contribution < -0.4 is 10.1 Å². The molecule has 1 N–H and O–H groups in total. The summed E-state index contributed by atoms with van der Waals surface area (Å²) in [5.74, 6) is 0.363. The van der Waals surface area contributed by atoms with Gasteiger partial charge in [-0.15, -0.1) is 10.2 Å². The van der Waals surface area contributed by atoms with Gasteiger partial charge in [0.1, 0.15) is 18.2 Å². The van der Waals surface area contributed by atoms with Crippen molar-refractivity contribution >= 4 is 46.6 Å². The highest BCUT2D eigenvalue weighted by Gasteiger charge is 2.15. The van der Waals surface area contributed by atoms with Crippen molar-refractivity contribution in [3.05, 3.63) is 58.3 Å². The number of rotatable bonds is 8. The van der Waals surface area contributed by atoms with Crippen molar-refractivity contribution in [1.82, 2.24) is 19.7 Å². The second-order valence-electron chi connectivity index (χ2n) is 5.69. The van der Waals surface area contributed by atoms with E-state index in [1.807, 2.05) is 11.5 Å². The Morgan fingerprint density at radius 2 is 2.14 bits per heavy atom. The number of nitrogens with one attached hydrogen (secondary N) is 1. The van der Waals surface area contributed by atoms with Gasteiger partial charge in [0, 0.05) is 18.8 Å². The molecule has 1 aromatic carbocycles. The van der Waals surface area contributed by atoms with Gasteiger partial charge >= 0.3 is 0 Å². The summed E-state index contributed by atoms with van der Waals surface area (Å²) in [4.78, 5) is 16.1. The van der Waals surface area contributed by atoms with Crippen LogP contribution in [0.4, 0.5) is 10.1 Å². The van der Waals surface area contributed by atoms with Crippen LogP contribution in [0.1, 0.15) is 12.7 Å². The number of anilines is 1. The van der Waals surface area contributed by atoms with Crippen LogP contribution >= 0.6 is 35.0 Å². The molecule has 0 unspecified atom stereocenters. The first kappa shape index (κ1) is 21.4. The van der Waals surface area contributed by atoms with Crippen molar-refractivity contribution < 1.29 is 13.9 Å². The van der Waals surface area contributed by atoms with Crippen LogP contribution in [0.3, 0.4) is 0 Å². The lowest BCUT2D eigenvalue weighted by molar-refractivity contribution is -0.113. The number of benzene rings is 1. The topological polar surface area (TPSA) is 81.9 Å². The molecule has 0 radical (unpaired) electrons. The number of carbonyl (C=O) groups excluding carboxylic acids is 1. The third-order valence-corrected chi connectivity index (χ3v) is 5.29. The highest BCUT2D eigenvalue weighted by molar-refractivity contribution is 7.99. The van der Waals surface area contributed by atoms with E-state index in [9.17, 15) is 9.18 Å². The molecule has 0 saturated heterocycles. The number of hydrogen-bond acceptors (Lipinski definition) is 6. The minimum absolute atomic E-state index is 0.0181. The molecule has 0 aliphatic rings. The van der Waals surface area contributed by atoms with Crippen molar-refractivity contribution in [3.63, 3.8) is 0 Å². The molecular weight excluding hydrogens is 440 g/mol. The predicted molar refractivity (Wildman–Crippen MR) is 110 cm³/mol. The predicted octanol–water partition coefficient (Wildman–Crippen LogP) is 4.45.